The van der Waals surface area contributed by atoms with Gasteiger partial charge in [-0.2, -0.15) is 5.10 Å². The van der Waals surface area contributed by atoms with Gasteiger partial charge in [0.05, 0.1) is 11.1 Å². The summed E-state index contributed by atoms with van der Waals surface area (Å²) in [5.74, 6) is -0.126. The maximum Gasteiger partial charge on any atom is 0.267 e. The Morgan fingerprint density at radius 1 is 0.818 bits per heavy atom. The predicted molar refractivity (Wildman–Crippen MR) is 127 cm³/mol. The molecule has 0 N–H and O–H groups in total. The first-order chi connectivity index (χ1) is 15.9. The van der Waals surface area contributed by atoms with Crippen molar-refractivity contribution < 1.29 is 9.59 Å². The summed E-state index contributed by atoms with van der Waals surface area (Å²) in [6.45, 7) is 5.54. The maximum absolute atomic E-state index is 13.2. The second-order valence-corrected chi connectivity index (χ2v) is 8.74. The van der Waals surface area contributed by atoms with Crippen LogP contribution in [0.4, 0.5) is 0 Å². The van der Waals surface area contributed by atoms with E-state index in [2.05, 4.69) is 5.10 Å². The van der Waals surface area contributed by atoms with Gasteiger partial charge in [-0.3, -0.25) is 14.4 Å². The number of benzene rings is 2. The predicted octanol–water partition coefficient (Wildman–Crippen LogP) is 2.56. The SMILES string of the molecule is CC(C)(C(=O)N1CCN(C(=O)Cn2nc(-c3ccccc3)ccc2=O)CC1)c1ccccc1. The third-order valence-corrected chi connectivity index (χ3v) is 6.17. The zero-order valence-electron chi connectivity index (χ0n) is 19.0. The number of hydrogen-bond acceptors (Lipinski definition) is 4. The lowest BCUT2D eigenvalue weighted by Crippen LogP contribution is -2.55. The number of carbonyl (C=O) groups excluding carboxylic acids is 2. The first-order valence-corrected chi connectivity index (χ1v) is 11.1. The van der Waals surface area contributed by atoms with E-state index in [1.165, 1.54) is 10.7 Å². The van der Waals surface area contributed by atoms with Crippen LogP contribution in [-0.4, -0.2) is 57.6 Å². The molecule has 4 rings (SSSR count). The van der Waals surface area contributed by atoms with Crippen LogP contribution >= 0.6 is 0 Å². The molecule has 7 nitrogen and oxygen atoms in total. The lowest BCUT2D eigenvalue weighted by atomic mass is 9.83. The van der Waals surface area contributed by atoms with Crippen LogP contribution in [0.1, 0.15) is 19.4 Å². The van der Waals surface area contributed by atoms with Crippen LogP contribution in [-0.2, 0) is 21.5 Å². The molecule has 0 bridgehead atoms. The topological polar surface area (TPSA) is 75.5 Å². The van der Waals surface area contributed by atoms with Gasteiger partial charge in [0.15, 0.2) is 0 Å². The Hall–Kier alpha value is -3.74. The van der Waals surface area contributed by atoms with Gasteiger partial charge in [0.25, 0.3) is 5.56 Å². The van der Waals surface area contributed by atoms with Crippen LogP contribution in [0.3, 0.4) is 0 Å². The molecule has 0 aliphatic carbocycles. The highest BCUT2D eigenvalue weighted by Crippen LogP contribution is 2.26. The smallest absolute Gasteiger partial charge is 0.267 e. The van der Waals surface area contributed by atoms with Crippen molar-refractivity contribution in [1.29, 1.82) is 0 Å². The molecule has 2 amide bonds. The van der Waals surface area contributed by atoms with Crippen LogP contribution in [0.25, 0.3) is 11.3 Å². The summed E-state index contributed by atoms with van der Waals surface area (Å²) in [5.41, 5.74) is 1.54. The minimum absolute atomic E-state index is 0.0502. The summed E-state index contributed by atoms with van der Waals surface area (Å²) in [6.07, 6.45) is 0. The van der Waals surface area contributed by atoms with Crippen LogP contribution < -0.4 is 5.56 Å². The monoisotopic (exact) mass is 444 g/mol. The van der Waals surface area contributed by atoms with E-state index >= 15 is 0 Å². The molecule has 0 unspecified atom stereocenters. The van der Waals surface area contributed by atoms with E-state index in [4.69, 9.17) is 0 Å². The van der Waals surface area contributed by atoms with Gasteiger partial charge in [0.2, 0.25) is 11.8 Å². The van der Waals surface area contributed by atoms with E-state index in [0.29, 0.717) is 31.9 Å². The fraction of sp³-hybridized carbons (Fsp3) is 0.308. The molecular weight excluding hydrogens is 416 g/mol. The van der Waals surface area contributed by atoms with Crippen LogP contribution in [0.5, 0.6) is 0 Å². The highest BCUT2D eigenvalue weighted by Gasteiger charge is 2.35. The van der Waals surface area contributed by atoms with E-state index in [-0.39, 0.29) is 23.9 Å². The van der Waals surface area contributed by atoms with E-state index in [9.17, 15) is 14.4 Å². The fourth-order valence-electron chi connectivity index (χ4n) is 4.09. The van der Waals surface area contributed by atoms with Crippen LogP contribution in [0, 0.1) is 0 Å². The minimum atomic E-state index is -0.636. The van der Waals surface area contributed by atoms with Gasteiger partial charge < -0.3 is 9.80 Å². The Balaban J connectivity index is 1.39. The lowest BCUT2D eigenvalue weighted by Gasteiger charge is -2.38. The van der Waals surface area contributed by atoms with Crippen molar-refractivity contribution in [2.24, 2.45) is 0 Å². The molecule has 0 spiro atoms. The van der Waals surface area contributed by atoms with Crippen molar-refractivity contribution in [1.82, 2.24) is 19.6 Å². The Morgan fingerprint density at radius 3 is 2.03 bits per heavy atom. The van der Waals surface area contributed by atoms with E-state index in [0.717, 1.165) is 11.1 Å². The highest BCUT2D eigenvalue weighted by molar-refractivity contribution is 5.87. The molecule has 1 aliphatic heterocycles. The summed E-state index contributed by atoms with van der Waals surface area (Å²) >= 11 is 0. The Kier molecular flexibility index (Phi) is 6.40. The average molecular weight is 445 g/mol. The molecule has 7 heteroatoms. The van der Waals surface area contributed by atoms with E-state index < -0.39 is 5.41 Å². The molecule has 0 atom stereocenters. The largest absolute Gasteiger partial charge is 0.338 e. The molecule has 1 aromatic heterocycles. The zero-order valence-corrected chi connectivity index (χ0v) is 19.0. The molecule has 2 heterocycles. The molecule has 0 radical (unpaired) electrons. The highest BCUT2D eigenvalue weighted by atomic mass is 16.2. The molecule has 33 heavy (non-hydrogen) atoms. The zero-order chi connectivity index (χ0) is 23.4. The summed E-state index contributed by atoms with van der Waals surface area (Å²) in [7, 11) is 0. The van der Waals surface area contributed by atoms with Gasteiger partial charge in [0.1, 0.15) is 6.54 Å². The number of carbonyl (C=O) groups is 2. The molecule has 170 valence electrons. The fourth-order valence-corrected chi connectivity index (χ4v) is 4.09. The number of hydrogen-bond donors (Lipinski definition) is 0. The molecule has 1 fully saturated rings. The van der Waals surface area contributed by atoms with Crippen molar-refractivity contribution in [3.63, 3.8) is 0 Å². The molecule has 3 aromatic rings. The van der Waals surface area contributed by atoms with Crippen molar-refractivity contribution in [3.8, 4) is 11.3 Å². The standard InChI is InChI=1S/C26H28N4O3/c1-26(2,21-11-7-4-8-12-21)25(33)29-17-15-28(16-18-29)24(32)19-30-23(31)14-13-22(27-30)20-9-5-3-6-10-20/h3-14H,15-19H2,1-2H3. The number of piperazine rings is 1. The van der Waals surface area contributed by atoms with Gasteiger partial charge in [-0.1, -0.05) is 60.7 Å². The quantitative estimate of drug-likeness (QED) is 0.606. The third-order valence-electron chi connectivity index (χ3n) is 6.17. The first-order valence-electron chi connectivity index (χ1n) is 11.1. The number of amides is 2. The van der Waals surface area contributed by atoms with Crippen molar-refractivity contribution in [2.45, 2.75) is 25.8 Å². The summed E-state index contributed by atoms with van der Waals surface area (Å²) in [5, 5.41) is 4.38. The number of aromatic nitrogens is 2. The normalized spacial score (nSPS) is 14.2. The van der Waals surface area contributed by atoms with Gasteiger partial charge in [0, 0.05) is 37.8 Å². The molecule has 0 saturated carbocycles. The second-order valence-electron chi connectivity index (χ2n) is 8.74. The van der Waals surface area contributed by atoms with E-state index in [1.54, 1.807) is 11.0 Å². The van der Waals surface area contributed by atoms with Crippen LogP contribution in [0.15, 0.2) is 77.6 Å². The average Bonchev–Trinajstić information content (AvgIpc) is 2.86. The lowest BCUT2D eigenvalue weighted by molar-refractivity contribution is -0.143. The van der Waals surface area contributed by atoms with Gasteiger partial charge >= 0.3 is 0 Å². The van der Waals surface area contributed by atoms with Gasteiger partial charge in [-0.25, -0.2) is 4.68 Å². The minimum Gasteiger partial charge on any atom is -0.338 e. The molecule has 2 aromatic carbocycles. The number of nitrogens with zero attached hydrogens (tertiary/aromatic N) is 4. The van der Waals surface area contributed by atoms with Crippen LogP contribution in [0.2, 0.25) is 0 Å². The third kappa shape index (κ3) is 4.87. The number of rotatable bonds is 5. The summed E-state index contributed by atoms with van der Waals surface area (Å²) < 4.78 is 1.21. The molecule has 1 saturated heterocycles. The Bertz CT molecular complexity index is 1180. The molecular formula is C26H28N4O3. The second kappa shape index (κ2) is 9.40. The van der Waals surface area contributed by atoms with Crippen molar-refractivity contribution in [2.75, 3.05) is 26.2 Å². The summed E-state index contributed by atoms with van der Waals surface area (Å²) in [4.78, 5) is 41.9. The van der Waals surface area contributed by atoms with Crippen molar-refractivity contribution in [3.05, 3.63) is 88.7 Å². The first kappa shape index (κ1) is 22.5. The van der Waals surface area contributed by atoms with Crippen molar-refractivity contribution >= 4 is 11.8 Å². The Labute approximate surface area is 193 Å². The summed E-state index contributed by atoms with van der Waals surface area (Å²) in [6, 6.07) is 22.4. The van der Waals surface area contributed by atoms with Gasteiger partial charge in [-0.05, 0) is 25.5 Å². The Morgan fingerprint density at radius 2 is 1.39 bits per heavy atom. The molecule has 1 aliphatic rings. The maximum atomic E-state index is 13.2. The van der Waals surface area contributed by atoms with E-state index in [1.807, 2.05) is 79.4 Å². The van der Waals surface area contributed by atoms with Gasteiger partial charge in [-0.15, -0.1) is 0 Å².